The molecular formula is C28H44F2O. The van der Waals surface area contributed by atoms with Crippen molar-refractivity contribution in [2.24, 2.45) is 5.92 Å². The SMILES string of the molecule is C=CCCCCCCCCCOc1ccc(C2CCC(CCCCC)CC2)c(F)c1F. The van der Waals surface area contributed by atoms with Gasteiger partial charge in [0.05, 0.1) is 6.61 Å². The van der Waals surface area contributed by atoms with Gasteiger partial charge in [0.25, 0.3) is 0 Å². The third-order valence-electron chi connectivity index (χ3n) is 6.89. The minimum Gasteiger partial charge on any atom is -0.490 e. The van der Waals surface area contributed by atoms with Crippen molar-refractivity contribution < 1.29 is 13.5 Å². The molecular weight excluding hydrogens is 390 g/mol. The molecule has 0 radical (unpaired) electrons. The Morgan fingerprint density at radius 2 is 1.55 bits per heavy atom. The van der Waals surface area contributed by atoms with Gasteiger partial charge in [0.2, 0.25) is 5.82 Å². The van der Waals surface area contributed by atoms with Crippen LogP contribution in [-0.2, 0) is 0 Å². The van der Waals surface area contributed by atoms with E-state index in [-0.39, 0.29) is 11.7 Å². The first-order valence-electron chi connectivity index (χ1n) is 12.9. The minimum atomic E-state index is -0.801. The molecule has 3 heteroatoms. The smallest absolute Gasteiger partial charge is 0.200 e. The normalized spacial score (nSPS) is 18.8. The van der Waals surface area contributed by atoms with Gasteiger partial charge in [0.1, 0.15) is 0 Å². The van der Waals surface area contributed by atoms with Gasteiger partial charge in [-0.15, -0.1) is 6.58 Å². The predicted octanol–water partition coefficient (Wildman–Crippen LogP) is 9.50. The fourth-order valence-corrected chi connectivity index (χ4v) is 4.88. The molecule has 1 aromatic carbocycles. The van der Waals surface area contributed by atoms with Crippen molar-refractivity contribution in [2.45, 2.75) is 116 Å². The molecule has 0 N–H and O–H groups in total. The van der Waals surface area contributed by atoms with Crippen LogP contribution in [0.25, 0.3) is 0 Å². The van der Waals surface area contributed by atoms with Crippen LogP contribution >= 0.6 is 0 Å². The highest BCUT2D eigenvalue weighted by Gasteiger charge is 2.26. The Bertz CT molecular complexity index is 620. The second-order valence-electron chi connectivity index (χ2n) is 9.40. The lowest BCUT2D eigenvalue weighted by Crippen LogP contribution is -2.15. The third-order valence-corrected chi connectivity index (χ3v) is 6.89. The molecule has 0 atom stereocenters. The van der Waals surface area contributed by atoms with Crippen molar-refractivity contribution in [1.82, 2.24) is 0 Å². The quantitative estimate of drug-likeness (QED) is 0.186. The summed E-state index contributed by atoms with van der Waals surface area (Å²) in [7, 11) is 0. The molecule has 0 spiro atoms. The number of unbranched alkanes of at least 4 members (excludes halogenated alkanes) is 9. The van der Waals surface area contributed by atoms with Crippen molar-refractivity contribution >= 4 is 0 Å². The molecule has 1 aliphatic rings. The van der Waals surface area contributed by atoms with Gasteiger partial charge in [0.15, 0.2) is 11.6 Å². The molecule has 1 fully saturated rings. The van der Waals surface area contributed by atoms with Gasteiger partial charge in [0, 0.05) is 0 Å². The Morgan fingerprint density at radius 3 is 2.23 bits per heavy atom. The molecule has 0 aliphatic heterocycles. The monoisotopic (exact) mass is 434 g/mol. The average molecular weight is 435 g/mol. The van der Waals surface area contributed by atoms with E-state index in [2.05, 4.69) is 13.5 Å². The van der Waals surface area contributed by atoms with Gasteiger partial charge < -0.3 is 4.74 Å². The molecule has 31 heavy (non-hydrogen) atoms. The number of halogens is 2. The maximum absolute atomic E-state index is 14.7. The van der Waals surface area contributed by atoms with E-state index in [9.17, 15) is 8.78 Å². The molecule has 0 amide bonds. The van der Waals surface area contributed by atoms with E-state index in [1.54, 1.807) is 12.1 Å². The highest BCUT2D eigenvalue weighted by atomic mass is 19.2. The van der Waals surface area contributed by atoms with Crippen LogP contribution in [0.5, 0.6) is 5.75 Å². The molecule has 0 aromatic heterocycles. The van der Waals surface area contributed by atoms with Crippen LogP contribution in [0.3, 0.4) is 0 Å². The maximum Gasteiger partial charge on any atom is 0.200 e. The van der Waals surface area contributed by atoms with E-state index in [0.717, 1.165) is 50.9 Å². The first-order valence-corrected chi connectivity index (χ1v) is 12.9. The van der Waals surface area contributed by atoms with E-state index in [1.807, 2.05) is 6.08 Å². The van der Waals surface area contributed by atoms with Gasteiger partial charge in [-0.25, -0.2) is 4.39 Å². The van der Waals surface area contributed by atoms with Crippen molar-refractivity contribution in [3.63, 3.8) is 0 Å². The average Bonchev–Trinajstić information content (AvgIpc) is 2.79. The standard InChI is InChI=1S/C28H44F2O/c1-3-5-7-8-9-10-11-12-14-22-31-26-21-20-25(27(29)28(26)30)24-18-16-23(17-19-24)15-13-6-4-2/h3,20-21,23-24H,1,4-19,22H2,2H3. The molecule has 1 saturated carbocycles. The van der Waals surface area contributed by atoms with E-state index >= 15 is 0 Å². The second-order valence-corrected chi connectivity index (χ2v) is 9.40. The summed E-state index contributed by atoms with van der Waals surface area (Å²) in [5.41, 5.74) is 0.549. The lowest BCUT2D eigenvalue weighted by atomic mass is 9.77. The zero-order chi connectivity index (χ0) is 22.3. The Morgan fingerprint density at radius 1 is 0.871 bits per heavy atom. The summed E-state index contributed by atoms with van der Waals surface area (Å²) >= 11 is 0. The van der Waals surface area contributed by atoms with Crippen molar-refractivity contribution in [3.8, 4) is 5.75 Å². The topological polar surface area (TPSA) is 9.23 Å². The van der Waals surface area contributed by atoms with Crippen LogP contribution in [-0.4, -0.2) is 6.61 Å². The highest BCUT2D eigenvalue weighted by Crippen LogP contribution is 2.40. The van der Waals surface area contributed by atoms with Gasteiger partial charge in [-0.1, -0.05) is 76.9 Å². The van der Waals surface area contributed by atoms with Crippen LogP contribution in [0, 0.1) is 17.6 Å². The first-order chi connectivity index (χ1) is 15.2. The van der Waals surface area contributed by atoms with Crippen LogP contribution in [0.4, 0.5) is 8.78 Å². The molecule has 0 unspecified atom stereocenters. The number of hydrogen-bond acceptors (Lipinski definition) is 1. The molecule has 0 saturated heterocycles. The fraction of sp³-hybridized carbons (Fsp3) is 0.714. The zero-order valence-electron chi connectivity index (χ0n) is 19.8. The summed E-state index contributed by atoms with van der Waals surface area (Å²) in [6.07, 6.45) is 20.6. The van der Waals surface area contributed by atoms with E-state index in [0.29, 0.717) is 12.2 Å². The van der Waals surface area contributed by atoms with E-state index < -0.39 is 11.6 Å². The summed E-state index contributed by atoms with van der Waals surface area (Å²) < 4.78 is 34.9. The molecule has 1 nitrogen and oxygen atoms in total. The van der Waals surface area contributed by atoms with Crippen molar-refractivity contribution in [1.29, 1.82) is 0 Å². The number of ether oxygens (including phenoxy) is 1. The van der Waals surface area contributed by atoms with Gasteiger partial charge >= 0.3 is 0 Å². The van der Waals surface area contributed by atoms with Crippen molar-refractivity contribution in [3.05, 3.63) is 42.0 Å². The summed E-state index contributed by atoms with van der Waals surface area (Å²) in [5.74, 6) is -0.502. The number of hydrogen-bond donors (Lipinski definition) is 0. The summed E-state index contributed by atoms with van der Waals surface area (Å²) in [6, 6.07) is 3.40. The van der Waals surface area contributed by atoms with Crippen LogP contribution in [0.1, 0.15) is 121 Å². The number of rotatable bonds is 16. The van der Waals surface area contributed by atoms with Gasteiger partial charge in [-0.2, -0.15) is 4.39 Å². The van der Waals surface area contributed by atoms with Crippen LogP contribution < -0.4 is 4.74 Å². The van der Waals surface area contributed by atoms with Gasteiger partial charge in [-0.3, -0.25) is 0 Å². The Balaban J connectivity index is 1.68. The highest BCUT2D eigenvalue weighted by molar-refractivity contribution is 5.33. The van der Waals surface area contributed by atoms with E-state index in [4.69, 9.17) is 4.74 Å². The predicted molar refractivity (Wildman–Crippen MR) is 128 cm³/mol. The Labute approximate surface area is 189 Å². The molecule has 0 bridgehead atoms. The lowest BCUT2D eigenvalue weighted by molar-refractivity contribution is 0.279. The molecule has 2 rings (SSSR count). The number of allylic oxidation sites excluding steroid dienone is 1. The second kappa shape index (κ2) is 15.4. The first kappa shape index (κ1) is 25.9. The van der Waals surface area contributed by atoms with Crippen LogP contribution in [0.2, 0.25) is 0 Å². The van der Waals surface area contributed by atoms with E-state index in [1.165, 1.54) is 57.8 Å². The van der Waals surface area contributed by atoms with Crippen LogP contribution in [0.15, 0.2) is 24.8 Å². The Hall–Kier alpha value is -1.38. The fourth-order valence-electron chi connectivity index (χ4n) is 4.88. The molecule has 176 valence electrons. The minimum absolute atomic E-state index is 0.0685. The molecule has 1 aromatic rings. The Kier molecular flexibility index (Phi) is 12.9. The summed E-state index contributed by atoms with van der Waals surface area (Å²) in [4.78, 5) is 0. The largest absolute Gasteiger partial charge is 0.490 e. The molecule has 0 heterocycles. The number of benzene rings is 1. The van der Waals surface area contributed by atoms with Gasteiger partial charge in [-0.05, 0) is 68.4 Å². The maximum atomic E-state index is 14.7. The third kappa shape index (κ3) is 9.33. The molecule has 1 aliphatic carbocycles. The zero-order valence-corrected chi connectivity index (χ0v) is 19.8. The lowest BCUT2D eigenvalue weighted by Gasteiger charge is -2.29. The van der Waals surface area contributed by atoms with Crippen molar-refractivity contribution in [2.75, 3.05) is 6.61 Å². The summed E-state index contributed by atoms with van der Waals surface area (Å²) in [5, 5.41) is 0. The summed E-state index contributed by atoms with van der Waals surface area (Å²) in [6.45, 7) is 6.43.